The van der Waals surface area contributed by atoms with Crippen LogP contribution in [0.5, 0.6) is 0 Å². The van der Waals surface area contributed by atoms with Gasteiger partial charge in [0.15, 0.2) is 0 Å². The van der Waals surface area contributed by atoms with E-state index in [1.165, 1.54) is 0 Å². The van der Waals surface area contributed by atoms with Crippen molar-refractivity contribution in [1.82, 2.24) is 24.3 Å². The lowest BCUT2D eigenvalue weighted by atomic mass is 10.4. The van der Waals surface area contributed by atoms with Gasteiger partial charge in [0.05, 0.1) is 21.8 Å². The molecule has 0 aliphatic carbocycles. The molecule has 110 valence electrons. The summed E-state index contributed by atoms with van der Waals surface area (Å²) in [6, 6.07) is 0.314. The summed E-state index contributed by atoms with van der Waals surface area (Å²) in [6.07, 6.45) is 5.52. The van der Waals surface area contributed by atoms with Gasteiger partial charge in [0, 0.05) is 31.7 Å². The van der Waals surface area contributed by atoms with E-state index in [1.807, 2.05) is 35.6 Å². The van der Waals surface area contributed by atoms with Gasteiger partial charge in [-0.05, 0) is 20.8 Å². The number of fused-ring (bicyclic) bond motifs is 1. The Kier molecular flexibility index (Phi) is 3.33. The lowest BCUT2D eigenvalue weighted by Crippen LogP contribution is -2.00. The fourth-order valence-corrected chi connectivity index (χ4v) is 2.44. The number of nitrogens with one attached hydrogen (secondary N) is 1. The Morgan fingerprint density at radius 2 is 2.05 bits per heavy atom. The van der Waals surface area contributed by atoms with Crippen LogP contribution in [0.1, 0.15) is 25.6 Å². The van der Waals surface area contributed by atoms with E-state index in [9.17, 15) is 0 Å². The van der Waals surface area contributed by atoms with E-state index in [-0.39, 0.29) is 0 Å². The highest BCUT2D eigenvalue weighted by molar-refractivity contribution is 6.35. The Labute approximate surface area is 127 Å². The van der Waals surface area contributed by atoms with Gasteiger partial charge in [0.25, 0.3) is 0 Å². The summed E-state index contributed by atoms with van der Waals surface area (Å²) < 4.78 is 3.80. The van der Waals surface area contributed by atoms with Crippen molar-refractivity contribution in [1.29, 1.82) is 0 Å². The average Bonchev–Trinajstić information content (AvgIpc) is 2.92. The fourth-order valence-electron chi connectivity index (χ4n) is 2.16. The van der Waals surface area contributed by atoms with Gasteiger partial charge in [0.2, 0.25) is 5.95 Å². The SMILES string of the molecule is Cc1nn(C(C)C)cc1Nc1ncc2c(Cl)cn(C)c2n1. The molecule has 0 saturated carbocycles. The topological polar surface area (TPSA) is 60.6 Å². The molecule has 0 aromatic carbocycles. The molecule has 0 saturated heterocycles. The molecule has 3 aromatic heterocycles. The van der Waals surface area contributed by atoms with Crippen molar-refractivity contribution < 1.29 is 0 Å². The van der Waals surface area contributed by atoms with E-state index in [2.05, 4.69) is 34.2 Å². The summed E-state index contributed by atoms with van der Waals surface area (Å²) in [4.78, 5) is 8.82. The van der Waals surface area contributed by atoms with Crippen LogP contribution in [0.4, 0.5) is 11.6 Å². The Hall–Kier alpha value is -2.08. The maximum absolute atomic E-state index is 6.12. The fraction of sp³-hybridized carbons (Fsp3) is 0.357. The number of nitrogens with zero attached hydrogens (tertiary/aromatic N) is 5. The van der Waals surface area contributed by atoms with E-state index in [0.717, 1.165) is 22.4 Å². The third-order valence-corrected chi connectivity index (χ3v) is 3.66. The second kappa shape index (κ2) is 5.04. The van der Waals surface area contributed by atoms with Gasteiger partial charge in [-0.2, -0.15) is 10.1 Å². The second-order valence-corrected chi connectivity index (χ2v) is 5.75. The molecule has 0 amide bonds. The number of hydrogen-bond donors (Lipinski definition) is 1. The van der Waals surface area contributed by atoms with Gasteiger partial charge in [-0.1, -0.05) is 11.6 Å². The molecule has 0 bridgehead atoms. The van der Waals surface area contributed by atoms with Crippen LogP contribution in [0.25, 0.3) is 11.0 Å². The lowest BCUT2D eigenvalue weighted by molar-refractivity contribution is 0.529. The minimum Gasteiger partial charge on any atom is -0.334 e. The standard InChI is InChI=1S/C14H17ClN6/c1-8(2)21-7-12(9(3)19-21)17-14-16-5-10-11(15)6-20(4)13(10)18-14/h5-8H,1-4H3,(H,16,17,18). The highest BCUT2D eigenvalue weighted by Gasteiger charge is 2.11. The number of halogens is 1. The summed E-state index contributed by atoms with van der Waals surface area (Å²) in [5.74, 6) is 0.534. The molecular weight excluding hydrogens is 288 g/mol. The molecule has 3 heterocycles. The van der Waals surface area contributed by atoms with Gasteiger partial charge in [0.1, 0.15) is 5.65 Å². The molecular formula is C14H17ClN6. The summed E-state index contributed by atoms with van der Waals surface area (Å²) >= 11 is 6.12. The van der Waals surface area contributed by atoms with E-state index in [4.69, 9.17) is 11.6 Å². The lowest BCUT2D eigenvalue weighted by Gasteiger charge is -2.04. The zero-order chi connectivity index (χ0) is 15.1. The van der Waals surface area contributed by atoms with Crippen LogP contribution in [-0.2, 0) is 7.05 Å². The Morgan fingerprint density at radius 3 is 2.71 bits per heavy atom. The summed E-state index contributed by atoms with van der Waals surface area (Å²) in [7, 11) is 1.91. The van der Waals surface area contributed by atoms with Crippen molar-refractivity contribution in [3.05, 3.63) is 29.3 Å². The Balaban J connectivity index is 1.96. The quantitative estimate of drug-likeness (QED) is 0.805. The van der Waals surface area contributed by atoms with Crippen LogP contribution in [0, 0.1) is 6.92 Å². The van der Waals surface area contributed by atoms with Crippen molar-refractivity contribution in [3.8, 4) is 0 Å². The second-order valence-electron chi connectivity index (χ2n) is 5.35. The normalized spacial score (nSPS) is 11.5. The van der Waals surface area contributed by atoms with Gasteiger partial charge < -0.3 is 9.88 Å². The summed E-state index contributed by atoms with van der Waals surface area (Å²) in [5, 5.41) is 9.18. The van der Waals surface area contributed by atoms with E-state index < -0.39 is 0 Å². The predicted molar refractivity (Wildman–Crippen MR) is 84.2 cm³/mol. The monoisotopic (exact) mass is 304 g/mol. The van der Waals surface area contributed by atoms with E-state index in [1.54, 1.807) is 6.20 Å². The number of aromatic nitrogens is 5. The Morgan fingerprint density at radius 1 is 1.29 bits per heavy atom. The minimum atomic E-state index is 0.314. The van der Waals surface area contributed by atoms with Crippen molar-refractivity contribution in [2.24, 2.45) is 7.05 Å². The van der Waals surface area contributed by atoms with Crippen molar-refractivity contribution in [2.45, 2.75) is 26.8 Å². The van der Waals surface area contributed by atoms with Crippen molar-refractivity contribution >= 4 is 34.3 Å². The highest BCUT2D eigenvalue weighted by atomic mass is 35.5. The van der Waals surface area contributed by atoms with Crippen LogP contribution in [0.15, 0.2) is 18.6 Å². The number of aryl methyl sites for hydroxylation is 2. The van der Waals surface area contributed by atoms with Crippen LogP contribution in [0.3, 0.4) is 0 Å². The molecule has 1 N–H and O–H groups in total. The zero-order valence-corrected chi connectivity index (χ0v) is 13.2. The van der Waals surface area contributed by atoms with E-state index in [0.29, 0.717) is 17.0 Å². The molecule has 3 rings (SSSR count). The first-order chi connectivity index (χ1) is 9.95. The average molecular weight is 305 g/mol. The van der Waals surface area contributed by atoms with Crippen LogP contribution in [-0.4, -0.2) is 24.3 Å². The molecule has 7 heteroatoms. The van der Waals surface area contributed by atoms with Crippen molar-refractivity contribution in [2.75, 3.05) is 5.32 Å². The van der Waals surface area contributed by atoms with Crippen LogP contribution in [0.2, 0.25) is 5.02 Å². The first-order valence-corrected chi connectivity index (χ1v) is 7.14. The predicted octanol–water partition coefficient (Wildman–Crippen LogP) is 3.45. The summed E-state index contributed by atoms with van der Waals surface area (Å²) in [5.41, 5.74) is 2.62. The summed E-state index contributed by atoms with van der Waals surface area (Å²) in [6.45, 7) is 6.13. The molecule has 6 nitrogen and oxygen atoms in total. The van der Waals surface area contributed by atoms with Crippen molar-refractivity contribution in [3.63, 3.8) is 0 Å². The number of rotatable bonds is 3. The van der Waals surface area contributed by atoms with Gasteiger partial charge in [-0.15, -0.1) is 0 Å². The molecule has 21 heavy (non-hydrogen) atoms. The maximum atomic E-state index is 6.12. The molecule has 0 aliphatic heterocycles. The highest BCUT2D eigenvalue weighted by Crippen LogP contribution is 2.25. The maximum Gasteiger partial charge on any atom is 0.229 e. The Bertz CT molecular complexity index is 801. The van der Waals surface area contributed by atoms with Gasteiger partial charge in [-0.3, -0.25) is 4.68 Å². The van der Waals surface area contributed by atoms with Crippen LogP contribution < -0.4 is 5.32 Å². The van der Waals surface area contributed by atoms with Crippen LogP contribution >= 0.6 is 11.6 Å². The molecule has 0 spiro atoms. The molecule has 0 radical (unpaired) electrons. The van der Waals surface area contributed by atoms with E-state index >= 15 is 0 Å². The minimum absolute atomic E-state index is 0.314. The first-order valence-electron chi connectivity index (χ1n) is 6.76. The largest absolute Gasteiger partial charge is 0.334 e. The third-order valence-electron chi connectivity index (χ3n) is 3.36. The number of hydrogen-bond acceptors (Lipinski definition) is 4. The molecule has 3 aromatic rings. The number of anilines is 2. The molecule has 0 atom stereocenters. The molecule has 0 unspecified atom stereocenters. The third kappa shape index (κ3) is 2.47. The first kappa shape index (κ1) is 13.9. The zero-order valence-electron chi connectivity index (χ0n) is 12.4. The smallest absolute Gasteiger partial charge is 0.229 e. The van der Waals surface area contributed by atoms with Gasteiger partial charge >= 0.3 is 0 Å². The molecule has 0 aliphatic rings. The molecule has 0 fully saturated rings. The van der Waals surface area contributed by atoms with Gasteiger partial charge in [-0.25, -0.2) is 4.98 Å².